The van der Waals surface area contributed by atoms with Crippen LogP contribution in [-0.2, 0) is 28.2 Å². The van der Waals surface area contributed by atoms with Gasteiger partial charge in [-0.2, -0.15) is 9.97 Å². The van der Waals surface area contributed by atoms with Gasteiger partial charge in [-0.15, -0.1) is 0 Å². The summed E-state index contributed by atoms with van der Waals surface area (Å²) < 4.78 is 37.3. The molecule has 246 valence electrons. The zero-order chi connectivity index (χ0) is 33.0. The molecule has 18 nitrogen and oxygen atoms in total. The highest BCUT2D eigenvalue weighted by Gasteiger charge is 2.43. The van der Waals surface area contributed by atoms with Crippen LogP contribution in [0.25, 0.3) is 11.2 Å². The molecule has 3 amide bonds. The topological polar surface area (TPSA) is 234 Å². The zero-order valence-corrected chi connectivity index (χ0v) is 27.2. The number of hydrogen-bond acceptors (Lipinski definition) is 15. The number of amides is 3. The fourth-order valence-electron chi connectivity index (χ4n) is 4.12. The minimum absolute atomic E-state index is 0.0883. The quantitative estimate of drug-likeness (QED) is 0.0822. The van der Waals surface area contributed by atoms with Gasteiger partial charge >= 0.3 is 18.7 Å². The second-order valence-electron chi connectivity index (χ2n) is 10.4. The van der Waals surface area contributed by atoms with Crippen LogP contribution in [0.4, 0.5) is 10.7 Å². The monoisotopic (exact) mass is 662 g/mol. The Morgan fingerprint density at radius 3 is 2.50 bits per heavy atom. The van der Waals surface area contributed by atoms with Crippen LogP contribution < -0.4 is 15.6 Å². The Hall–Kier alpha value is -3.06. The molecule has 20 heteroatoms. The zero-order valence-electron chi connectivity index (χ0n) is 25.5. The van der Waals surface area contributed by atoms with Crippen LogP contribution >= 0.6 is 18.1 Å². The lowest BCUT2D eigenvalue weighted by atomic mass is 10.1. The maximum Gasteiger partial charge on any atom is 0.327 e. The number of rotatable bonds is 16. The van der Waals surface area contributed by atoms with Crippen LogP contribution in [0.3, 0.4) is 0 Å². The van der Waals surface area contributed by atoms with E-state index in [0.717, 1.165) is 16.3 Å². The average Bonchev–Trinajstić information content (AvgIpc) is 3.45. The van der Waals surface area contributed by atoms with Gasteiger partial charge in [0, 0.05) is 19.8 Å². The number of likely N-dealkylation sites (N-methyl/N-ethyl adjacent to an activating group) is 2. The molecule has 1 fully saturated rings. The number of nitrogens with two attached hydrogens (primary N) is 1. The highest BCUT2D eigenvalue weighted by molar-refractivity contribution is 8.56. The number of aliphatic hydroxyl groups is 2. The minimum atomic E-state index is -3.95. The molecule has 2 aromatic rings. The van der Waals surface area contributed by atoms with Gasteiger partial charge in [0.15, 0.2) is 17.4 Å². The SMILES string of the molecule is COc1nc(N)nc2c1ncn2[C@H](OCCOP(=O)(N[C@H](C)C(=O)OC(C)C)SC[C@H]1C(=O)N(C)C(=O)N1C)[C@](C)(O)CO. The van der Waals surface area contributed by atoms with Crippen molar-refractivity contribution in [2.24, 2.45) is 0 Å². The first-order chi connectivity index (χ1) is 20.5. The van der Waals surface area contributed by atoms with Crippen molar-refractivity contribution in [3.63, 3.8) is 0 Å². The van der Waals surface area contributed by atoms with Gasteiger partial charge in [-0.3, -0.25) is 23.6 Å². The van der Waals surface area contributed by atoms with Gasteiger partial charge in [0.1, 0.15) is 17.7 Å². The van der Waals surface area contributed by atoms with Gasteiger partial charge in [0.25, 0.3) is 5.91 Å². The van der Waals surface area contributed by atoms with Gasteiger partial charge in [-0.1, -0.05) is 11.4 Å². The summed E-state index contributed by atoms with van der Waals surface area (Å²) in [5, 5.41) is 23.5. The summed E-state index contributed by atoms with van der Waals surface area (Å²) in [5.41, 5.74) is 4.31. The normalized spacial score (nSPS) is 19.7. The van der Waals surface area contributed by atoms with Crippen molar-refractivity contribution in [1.82, 2.24) is 34.4 Å². The number of carbonyl (C=O) groups excluding carboxylic acids is 3. The smallest absolute Gasteiger partial charge is 0.327 e. The molecule has 3 rings (SSSR count). The van der Waals surface area contributed by atoms with E-state index in [1.807, 2.05) is 0 Å². The number of carbonyl (C=O) groups is 3. The largest absolute Gasteiger partial charge is 0.479 e. The van der Waals surface area contributed by atoms with Crippen LogP contribution in [0.1, 0.15) is 33.9 Å². The predicted octanol–water partition coefficient (Wildman–Crippen LogP) is 0.356. The molecule has 2 aromatic heterocycles. The molecule has 3 heterocycles. The highest BCUT2D eigenvalue weighted by atomic mass is 32.7. The molecule has 1 aliphatic heterocycles. The number of aliphatic hydroxyl groups excluding tert-OH is 1. The van der Waals surface area contributed by atoms with E-state index < -0.39 is 61.3 Å². The lowest BCUT2D eigenvalue weighted by molar-refractivity contribution is -0.158. The first kappa shape index (κ1) is 35.4. The minimum Gasteiger partial charge on any atom is -0.479 e. The summed E-state index contributed by atoms with van der Waals surface area (Å²) in [4.78, 5) is 51.7. The first-order valence-electron chi connectivity index (χ1n) is 13.5. The summed E-state index contributed by atoms with van der Waals surface area (Å²) in [7, 11) is 4.17. The van der Waals surface area contributed by atoms with Gasteiger partial charge < -0.3 is 39.6 Å². The summed E-state index contributed by atoms with van der Waals surface area (Å²) in [6, 6.07) is -2.47. The number of urea groups is 1. The summed E-state index contributed by atoms with van der Waals surface area (Å²) in [5.74, 6) is -1.29. The number of ether oxygens (including phenoxy) is 3. The van der Waals surface area contributed by atoms with Gasteiger partial charge in [0.05, 0.1) is 39.4 Å². The van der Waals surface area contributed by atoms with Crippen molar-refractivity contribution >= 4 is 53.1 Å². The Kier molecular flexibility index (Phi) is 11.6. The van der Waals surface area contributed by atoms with E-state index in [2.05, 4.69) is 20.0 Å². The molecule has 0 radical (unpaired) electrons. The predicted molar refractivity (Wildman–Crippen MR) is 159 cm³/mol. The van der Waals surface area contributed by atoms with Crippen LogP contribution in [0, 0.1) is 0 Å². The second-order valence-corrected chi connectivity index (χ2v) is 14.7. The standard InChI is InChI=1S/C24H39N8O10PS/c1-13(2)42-20(35)14(3)29-43(38,44-10-15-19(34)31(6)23(36)30(15)5)41-9-8-40-21(24(4,37)11-33)32-12-26-16-17(32)27-22(25)28-18(16)39-7/h12-15,21,33,37H,8-11H2,1-7H3,(H,29,38)(H2,25,27,28)/t14-,15+,21-,24-,43?/m1/s1. The van der Waals surface area contributed by atoms with E-state index in [-0.39, 0.29) is 42.0 Å². The number of fused-ring (bicyclic) bond motifs is 1. The highest BCUT2D eigenvalue weighted by Crippen LogP contribution is 2.57. The van der Waals surface area contributed by atoms with Gasteiger partial charge in [0.2, 0.25) is 11.8 Å². The lowest BCUT2D eigenvalue weighted by Crippen LogP contribution is -2.42. The Morgan fingerprint density at radius 2 is 1.93 bits per heavy atom. The van der Waals surface area contributed by atoms with E-state index in [9.17, 15) is 29.2 Å². The number of esters is 1. The number of imidazole rings is 1. The molecule has 44 heavy (non-hydrogen) atoms. The lowest BCUT2D eigenvalue weighted by Gasteiger charge is -2.32. The fourth-order valence-corrected chi connectivity index (χ4v) is 8.10. The van der Waals surface area contributed by atoms with Crippen LogP contribution in [0.2, 0.25) is 0 Å². The van der Waals surface area contributed by atoms with Crippen molar-refractivity contribution in [1.29, 1.82) is 0 Å². The first-order valence-corrected chi connectivity index (χ1v) is 16.7. The summed E-state index contributed by atoms with van der Waals surface area (Å²) in [6.07, 6.45) is -0.406. The van der Waals surface area contributed by atoms with Crippen LogP contribution in [0.5, 0.6) is 5.88 Å². The van der Waals surface area contributed by atoms with Crippen molar-refractivity contribution < 1.29 is 47.9 Å². The van der Waals surface area contributed by atoms with E-state index in [4.69, 9.17) is 24.5 Å². The van der Waals surface area contributed by atoms with E-state index in [0.29, 0.717) is 0 Å². The molecule has 1 aliphatic rings. The van der Waals surface area contributed by atoms with E-state index >= 15 is 0 Å². The molecule has 5 N–H and O–H groups in total. The van der Waals surface area contributed by atoms with Gasteiger partial charge in [-0.25, -0.2) is 14.9 Å². The third kappa shape index (κ3) is 7.96. The van der Waals surface area contributed by atoms with Crippen molar-refractivity contribution in [3.05, 3.63) is 6.33 Å². The maximum absolute atomic E-state index is 13.9. The molecule has 0 bridgehead atoms. The number of nitrogens with zero attached hydrogens (tertiary/aromatic N) is 6. The molecule has 0 spiro atoms. The number of nitrogen functional groups attached to an aromatic ring is 1. The number of imide groups is 1. The number of nitrogens with one attached hydrogen (secondary N) is 1. The molecule has 0 saturated carbocycles. The summed E-state index contributed by atoms with van der Waals surface area (Å²) >= 11 is 0.740. The summed E-state index contributed by atoms with van der Waals surface area (Å²) in [6.45, 7) is 0.818. The Morgan fingerprint density at radius 1 is 1.25 bits per heavy atom. The number of hydrogen-bond donors (Lipinski definition) is 4. The van der Waals surface area contributed by atoms with Gasteiger partial charge in [-0.05, 0) is 27.7 Å². The van der Waals surface area contributed by atoms with Crippen LogP contribution in [0.15, 0.2) is 6.33 Å². The number of aromatic nitrogens is 4. The molecule has 0 aromatic carbocycles. The van der Waals surface area contributed by atoms with E-state index in [1.165, 1.54) is 50.8 Å². The number of anilines is 1. The van der Waals surface area contributed by atoms with Crippen LogP contribution in [-0.4, -0.2) is 128 Å². The molecular weight excluding hydrogens is 623 g/mol. The van der Waals surface area contributed by atoms with Crippen molar-refractivity contribution in [3.8, 4) is 5.88 Å². The Bertz CT molecular complexity index is 1410. The fraction of sp³-hybridized carbons (Fsp3) is 0.667. The molecule has 1 unspecified atom stereocenters. The Labute approximate surface area is 257 Å². The van der Waals surface area contributed by atoms with Crippen molar-refractivity contribution in [2.75, 3.05) is 52.5 Å². The second kappa shape index (κ2) is 14.4. The Balaban J connectivity index is 1.79. The number of methoxy groups -OCH3 is 1. The molecule has 1 saturated heterocycles. The molecule has 0 aliphatic carbocycles. The third-order valence-corrected chi connectivity index (χ3v) is 10.6. The van der Waals surface area contributed by atoms with E-state index in [1.54, 1.807) is 13.8 Å². The maximum atomic E-state index is 13.9. The van der Waals surface area contributed by atoms with Crippen molar-refractivity contribution in [2.45, 2.75) is 57.7 Å². The molecular formula is C24H39N8O10PS. The molecule has 5 atom stereocenters. The third-order valence-electron chi connectivity index (χ3n) is 6.46. The average molecular weight is 663 g/mol.